The quantitative estimate of drug-likeness (QED) is 0.696. The van der Waals surface area contributed by atoms with E-state index in [1.165, 1.54) is 0 Å². The first-order valence-corrected chi connectivity index (χ1v) is 9.25. The smallest absolute Gasteiger partial charge is 0.233 e. The van der Waals surface area contributed by atoms with Crippen molar-refractivity contribution in [2.75, 3.05) is 10.6 Å². The summed E-state index contributed by atoms with van der Waals surface area (Å²) in [6.07, 6.45) is 1.46. The third-order valence-corrected chi connectivity index (χ3v) is 4.44. The van der Waals surface area contributed by atoms with Crippen molar-refractivity contribution in [2.45, 2.75) is 52.9 Å². The summed E-state index contributed by atoms with van der Waals surface area (Å²) in [6, 6.07) is 13.7. The van der Waals surface area contributed by atoms with Crippen molar-refractivity contribution in [2.24, 2.45) is 0 Å². The zero-order valence-corrected chi connectivity index (χ0v) is 16.1. The lowest BCUT2D eigenvalue weighted by Crippen LogP contribution is -2.23. The zero-order chi connectivity index (χ0) is 19.1. The second-order valence-corrected chi connectivity index (χ2v) is 6.67. The predicted octanol–water partition coefficient (Wildman–Crippen LogP) is 4.90. The Labute approximate surface area is 156 Å². The zero-order valence-electron chi connectivity index (χ0n) is 16.1. The van der Waals surface area contributed by atoms with Crippen LogP contribution in [0.4, 0.5) is 11.4 Å². The first-order chi connectivity index (χ1) is 12.5. The van der Waals surface area contributed by atoms with Gasteiger partial charge in [0.1, 0.15) is 6.42 Å². The number of aryl methyl sites for hydroxylation is 2. The summed E-state index contributed by atoms with van der Waals surface area (Å²) in [5.41, 5.74) is 4.85. The Morgan fingerprint density at radius 1 is 0.846 bits per heavy atom. The minimum absolute atomic E-state index is 0.201. The van der Waals surface area contributed by atoms with E-state index in [1.807, 2.05) is 42.5 Å². The fourth-order valence-corrected chi connectivity index (χ4v) is 3.04. The van der Waals surface area contributed by atoms with Gasteiger partial charge in [-0.3, -0.25) is 9.59 Å². The predicted molar refractivity (Wildman–Crippen MR) is 108 cm³/mol. The number of hydrogen-bond donors (Lipinski definition) is 2. The molecule has 0 aliphatic rings. The van der Waals surface area contributed by atoms with E-state index in [-0.39, 0.29) is 18.2 Å². The molecule has 4 nitrogen and oxygen atoms in total. The topological polar surface area (TPSA) is 58.2 Å². The molecule has 2 aromatic carbocycles. The van der Waals surface area contributed by atoms with Crippen molar-refractivity contribution in [3.63, 3.8) is 0 Å². The number of nitrogens with one attached hydrogen (secondary N) is 2. The van der Waals surface area contributed by atoms with Crippen LogP contribution in [-0.4, -0.2) is 11.8 Å². The molecule has 0 heterocycles. The van der Waals surface area contributed by atoms with E-state index in [0.717, 1.165) is 40.9 Å². The van der Waals surface area contributed by atoms with Crippen LogP contribution < -0.4 is 10.6 Å². The van der Waals surface area contributed by atoms with Crippen molar-refractivity contribution in [3.05, 3.63) is 59.2 Å². The maximum atomic E-state index is 12.4. The Bertz CT molecular complexity index is 759. The maximum absolute atomic E-state index is 12.4. The minimum Gasteiger partial charge on any atom is -0.325 e. The maximum Gasteiger partial charge on any atom is 0.233 e. The Morgan fingerprint density at radius 3 is 2.00 bits per heavy atom. The molecule has 0 saturated heterocycles. The van der Waals surface area contributed by atoms with Crippen LogP contribution in [0.1, 0.15) is 56.7 Å². The molecule has 2 amide bonds. The van der Waals surface area contributed by atoms with Gasteiger partial charge in [-0.2, -0.15) is 0 Å². The average molecular weight is 352 g/mol. The van der Waals surface area contributed by atoms with Gasteiger partial charge in [0.2, 0.25) is 11.8 Å². The highest BCUT2D eigenvalue weighted by Crippen LogP contribution is 2.24. The number of carbonyl (C=O) groups excluding carboxylic acids is 2. The monoisotopic (exact) mass is 352 g/mol. The summed E-state index contributed by atoms with van der Waals surface area (Å²) in [7, 11) is 0. The highest BCUT2D eigenvalue weighted by molar-refractivity contribution is 6.08. The van der Waals surface area contributed by atoms with Crippen molar-refractivity contribution in [1.29, 1.82) is 0 Å². The van der Waals surface area contributed by atoms with Gasteiger partial charge in [0, 0.05) is 11.4 Å². The van der Waals surface area contributed by atoms with Crippen molar-refractivity contribution in [3.8, 4) is 0 Å². The van der Waals surface area contributed by atoms with Gasteiger partial charge < -0.3 is 10.6 Å². The fourth-order valence-electron chi connectivity index (χ4n) is 3.04. The van der Waals surface area contributed by atoms with Crippen molar-refractivity contribution in [1.82, 2.24) is 0 Å². The average Bonchev–Trinajstić information content (AvgIpc) is 2.61. The van der Waals surface area contributed by atoms with E-state index >= 15 is 0 Å². The molecule has 0 atom stereocenters. The Hall–Kier alpha value is -2.62. The van der Waals surface area contributed by atoms with Crippen molar-refractivity contribution < 1.29 is 9.59 Å². The molecule has 138 valence electrons. The largest absolute Gasteiger partial charge is 0.325 e. The van der Waals surface area contributed by atoms with Gasteiger partial charge >= 0.3 is 0 Å². The highest BCUT2D eigenvalue weighted by atomic mass is 16.2. The van der Waals surface area contributed by atoms with E-state index in [9.17, 15) is 9.59 Å². The van der Waals surface area contributed by atoms with E-state index in [2.05, 4.69) is 38.3 Å². The molecule has 0 bridgehead atoms. The molecule has 0 aromatic heterocycles. The van der Waals surface area contributed by atoms with Gasteiger partial charge in [-0.15, -0.1) is 0 Å². The molecular formula is C22H28N2O2. The number of para-hydroxylation sites is 2. The van der Waals surface area contributed by atoms with Gasteiger partial charge in [-0.25, -0.2) is 0 Å². The fraction of sp³-hybridized carbons (Fsp3) is 0.364. The normalized spacial score (nSPS) is 10.7. The van der Waals surface area contributed by atoms with Crippen molar-refractivity contribution >= 4 is 23.2 Å². The molecule has 4 heteroatoms. The van der Waals surface area contributed by atoms with Gasteiger partial charge in [-0.05, 0) is 41.5 Å². The van der Waals surface area contributed by atoms with E-state index in [4.69, 9.17) is 0 Å². The lowest BCUT2D eigenvalue weighted by Gasteiger charge is -2.15. The molecule has 0 radical (unpaired) electrons. The number of carbonyl (C=O) groups is 2. The third-order valence-electron chi connectivity index (χ3n) is 4.44. The van der Waals surface area contributed by atoms with Gasteiger partial charge in [0.25, 0.3) is 0 Å². The van der Waals surface area contributed by atoms with E-state index < -0.39 is 0 Å². The summed E-state index contributed by atoms with van der Waals surface area (Å²) < 4.78 is 0. The van der Waals surface area contributed by atoms with Gasteiger partial charge in [0.15, 0.2) is 0 Å². The molecule has 26 heavy (non-hydrogen) atoms. The van der Waals surface area contributed by atoms with E-state index in [1.54, 1.807) is 0 Å². The van der Waals surface area contributed by atoms with Crippen LogP contribution in [0.3, 0.4) is 0 Å². The summed E-state index contributed by atoms with van der Waals surface area (Å²) in [5, 5.41) is 5.80. The second kappa shape index (κ2) is 9.18. The van der Waals surface area contributed by atoms with Crippen LogP contribution in [0.15, 0.2) is 42.5 Å². The molecule has 2 N–H and O–H groups in total. The first kappa shape index (κ1) is 19.7. The van der Waals surface area contributed by atoms with Crippen LogP contribution >= 0.6 is 0 Å². The molecular weight excluding hydrogens is 324 g/mol. The summed E-state index contributed by atoms with van der Waals surface area (Å²) in [5.74, 6) is -0.299. The molecule has 0 fully saturated rings. The van der Waals surface area contributed by atoms with Crippen LogP contribution in [0.5, 0.6) is 0 Å². The lowest BCUT2D eigenvalue weighted by atomic mass is 10.0. The Balaban J connectivity index is 2.06. The number of amides is 2. The SMILES string of the molecule is CCc1cccc(CC)c1NC(=O)CC(=O)Nc1ccccc1C(C)C. The molecule has 0 aliphatic carbocycles. The summed E-state index contributed by atoms with van der Waals surface area (Å²) >= 11 is 0. The first-order valence-electron chi connectivity index (χ1n) is 9.25. The van der Waals surface area contributed by atoms with Gasteiger partial charge in [-0.1, -0.05) is 64.1 Å². The second-order valence-electron chi connectivity index (χ2n) is 6.67. The lowest BCUT2D eigenvalue weighted by molar-refractivity contribution is -0.123. The highest BCUT2D eigenvalue weighted by Gasteiger charge is 2.15. The van der Waals surface area contributed by atoms with E-state index in [0.29, 0.717) is 5.92 Å². The molecule has 0 unspecified atom stereocenters. The molecule has 0 spiro atoms. The number of hydrogen-bond acceptors (Lipinski definition) is 2. The standard InChI is InChI=1S/C22H28N2O2/c1-5-16-10-9-11-17(6-2)22(16)24-21(26)14-20(25)23-19-13-8-7-12-18(19)15(3)4/h7-13,15H,5-6,14H2,1-4H3,(H,23,25)(H,24,26). The van der Waals surface area contributed by atoms with Crippen LogP contribution in [-0.2, 0) is 22.4 Å². The third kappa shape index (κ3) is 4.94. The number of anilines is 2. The summed E-state index contributed by atoms with van der Waals surface area (Å²) in [4.78, 5) is 24.7. The number of benzene rings is 2. The molecule has 0 aliphatic heterocycles. The Kier molecular flexibility index (Phi) is 6.96. The minimum atomic E-state index is -0.303. The number of rotatable bonds is 7. The Morgan fingerprint density at radius 2 is 1.42 bits per heavy atom. The van der Waals surface area contributed by atoms with Gasteiger partial charge in [0.05, 0.1) is 0 Å². The molecule has 0 saturated carbocycles. The van der Waals surface area contributed by atoms with Crippen LogP contribution in [0.2, 0.25) is 0 Å². The van der Waals surface area contributed by atoms with Crippen LogP contribution in [0, 0.1) is 0 Å². The summed E-state index contributed by atoms with van der Waals surface area (Å²) in [6.45, 7) is 8.26. The molecule has 2 rings (SSSR count). The van der Waals surface area contributed by atoms with Crippen LogP contribution in [0.25, 0.3) is 0 Å². The molecule has 2 aromatic rings.